The average molecular weight is 309 g/mol. The molecular formula is C14H16FN3O4. The molecule has 0 aliphatic carbocycles. The number of rotatable bonds is 7. The van der Waals surface area contributed by atoms with E-state index in [1.807, 2.05) is 0 Å². The summed E-state index contributed by atoms with van der Waals surface area (Å²) in [5.41, 5.74) is 0. The van der Waals surface area contributed by atoms with Gasteiger partial charge < -0.3 is 15.4 Å². The molecule has 0 aromatic heterocycles. The average Bonchev–Trinajstić information content (AvgIpc) is 2.81. The van der Waals surface area contributed by atoms with Crippen molar-refractivity contribution in [3.63, 3.8) is 0 Å². The van der Waals surface area contributed by atoms with Crippen molar-refractivity contribution in [1.29, 1.82) is 0 Å². The molecule has 22 heavy (non-hydrogen) atoms. The van der Waals surface area contributed by atoms with Gasteiger partial charge in [0.15, 0.2) is 0 Å². The van der Waals surface area contributed by atoms with Crippen molar-refractivity contribution in [2.75, 3.05) is 13.2 Å². The molecule has 4 amide bonds. The van der Waals surface area contributed by atoms with Crippen molar-refractivity contribution in [1.82, 2.24) is 16.0 Å². The van der Waals surface area contributed by atoms with Gasteiger partial charge in [-0.3, -0.25) is 14.9 Å². The van der Waals surface area contributed by atoms with Gasteiger partial charge in [-0.05, 0) is 30.7 Å². The van der Waals surface area contributed by atoms with Crippen molar-refractivity contribution in [3.05, 3.63) is 30.1 Å². The van der Waals surface area contributed by atoms with Crippen LogP contribution in [0.5, 0.6) is 5.75 Å². The van der Waals surface area contributed by atoms with Gasteiger partial charge in [0.25, 0.3) is 5.91 Å². The molecule has 1 heterocycles. The summed E-state index contributed by atoms with van der Waals surface area (Å²) in [7, 11) is 0. The first-order valence-corrected chi connectivity index (χ1v) is 6.81. The first-order chi connectivity index (χ1) is 10.5. The molecule has 2 rings (SSSR count). The van der Waals surface area contributed by atoms with E-state index in [0.29, 0.717) is 12.3 Å². The molecule has 7 nitrogen and oxygen atoms in total. The number of imide groups is 1. The number of benzene rings is 1. The first-order valence-electron chi connectivity index (χ1n) is 6.81. The summed E-state index contributed by atoms with van der Waals surface area (Å²) in [4.78, 5) is 33.7. The summed E-state index contributed by atoms with van der Waals surface area (Å²) in [6.45, 7) is 0.539. The zero-order valence-electron chi connectivity index (χ0n) is 11.7. The molecule has 0 spiro atoms. The lowest BCUT2D eigenvalue weighted by Gasteiger charge is -2.09. The number of hydrogen-bond donors (Lipinski definition) is 3. The second-order valence-corrected chi connectivity index (χ2v) is 4.71. The highest BCUT2D eigenvalue weighted by molar-refractivity contribution is 6.04. The van der Waals surface area contributed by atoms with E-state index in [1.54, 1.807) is 0 Å². The van der Waals surface area contributed by atoms with Crippen LogP contribution in [-0.2, 0) is 9.59 Å². The lowest BCUT2D eigenvalue weighted by Crippen LogP contribution is -2.33. The van der Waals surface area contributed by atoms with E-state index in [1.165, 1.54) is 24.3 Å². The zero-order chi connectivity index (χ0) is 15.9. The smallest absolute Gasteiger partial charge is 0.322 e. The fourth-order valence-corrected chi connectivity index (χ4v) is 1.92. The SMILES string of the molecule is O=C(CCC1NC(=O)NC1=O)NCCOc1ccc(F)cc1. The number of halogens is 1. The molecule has 1 atom stereocenters. The minimum Gasteiger partial charge on any atom is -0.492 e. The van der Waals surface area contributed by atoms with Gasteiger partial charge in [0.1, 0.15) is 24.2 Å². The zero-order valence-corrected chi connectivity index (χ0v) is 11.7. The van der Waals surface area contributed by atoms with E-state index < -0.39 is 18.0 Å². The van der Waals surface area contributed by atoms with Gasteiger partial charge >= 0.3 is 6.03 Å². The third kappa shape index (κ3) is 4.72. The molecular weight excluding hydrogens is 293 g/mol. The van der Waals surface area contributed by atoms with Gasteiger partial charge in [0, 0.05) is 6.42 Å². The van der Waals surface area contributed by atoms with Crippen LogP contribution >= 0.6 is 0 Å². The predicted octanol–water partition coefficient (Wildman–Crippen LogP) is 0.309. The largest absolute Gasteiger partial charge is 0.492 e. The first kappa shape index (κ1) is 15.7. The lowest BCUT2D eigenvalue weighted by atomic mass is 10.1. The maximum absolute atomic E-state index is 12.7. The molecule has 1 fully saturated rings. The van der Waals surface area contributed by atoms with Crippen LogP contribution in [0.4, 0.5) is 9.18 Å². The van der Waals surface area contributed by atoms with E-state index in [0.717, 1.165) is 0 Å². The Kier molecular flexibility index (Phi) is 5.29. The Morgan fingerprint density at radius 1 is 1.27 bits per heavy atom. The molecule has 1 saturated heterocycles. The number of carbonyl (C=O) groups is 3. The minimum absolute atomic E-state index is 0.120. The Morgan fingerprint density at radius 3 is 2.64 bits per heavy atom. The molecule has 8 heteroatoms. The van der Waals surface area contributed by atoms with E-state index in [2.05, 4.69) is 16.0 Å². The molecule has 0 bridgehead atoms. The van der Waals surface area contributed by atoms with Crippen LogP contribution in [0.1, 0.15) is 12.8 Å². The molecule has 1 aliphatic heterocycles. The van der Waals surface area contributed by atoms with E-state index in [4.69, 9.17) is 4.74 Å². The Hall–Kier alpha value is -2.64. The molecule has 3 N–H and O–H groups in total. The third-order valence-corrected chi connectivity index (χ3v) is 3.03. The van der Waals surface area contributed by atoms with Gasteiger partial charge in [0.05, 0.1) is 6.54 Å². The highest BCUT2D eigenvalue weighted by Gasteiger charge is 2.29. The number of hydrogen-bond acceptors (Lipinski definition) is 4. The van der Waals surface area contributed by atoms with Crippen LogP contribution in [0.3, 0.4) is 0 Å². The number of carbonyl (C=O) groups excluding carboxylic acids is 3. The maximum Gasteiger partial charge on any atom is 0.322 e. The van der Waals surface area contributed by atoms with Crippen LogP contribution in [-0.4, -0.2) is 37.0 Å². The van der Waals surface area contributed by atoms with E-state index in [9.17, 15) is 18.8 Å². The fourth-order valence-electron chi connectivity index (χ4n) is 1.92. The molecule has 1 aromatic rings. The summed E-state index contributed by atoms with van der Waals surface area (Å²) in [5, 5.41) is 7.15. The highest BCUT2D eigenvalue weighted by atomic mass is 19.1. The van der Waals surface area contributed by atoms with Gasteiger partial charge in [-0.2, -0.15) is 0 Å². The summed E-state index contributed by atoms with van der Waals surface area (Å²) in [6.07, 6.45) is 0.358. The summed E-state index contributed by atoms with van der Waals surface area (Å²) < 4.78 is 18.0. The van der Waals surface area contributed by atoms with Gasteiger partial charge in [0.2, 0.25) is 5.91 Å². The highest BCUT2D eigenvalue weighted by Crippen LogP contribution is 2.10. The van der Waals surface area contributed by atoms with Crippen molar-refractivity contribution in [3.8, 4) is 5.75 Å². The lowest BCUT2D eigenvalue weighted by molar-refractivity contribution is -0.122. The normalized spacial score (nSPS) is 16.9. The Bertz CT molecular complexity index is 562. The number of nitrogens with one attached hydrogen (secondary N) is 3. The summed E-state index contributed by atoms with van der Waals surface area (Å²) in [6, 6.07) is 4.37. The second-order valence-electron chi connectivity index (χ2n) is 4.71. The standard InChI is InChI=1S/C14H16FN3O4/c15-9-1-3-10(4-2-9)22-8-7-16-12(19)6-5-11-13(20)18-14(21)17-11/h1-4,11H,5-8H2,(H,16,19)(H2,17,18,20,21). The predicted molar refractivity (Wildman–Crippen MR) is 74.6 cm³/mol. The van der Waals surface area contributed by atoms with Crippen LogP contribution in [0.25, 0.3) is 0 Å². The third-order valence-electron chi connectivity index (χ3n) is 3.03. The molecule has 118 valence electrons. The molecule has 0 radical (unpaired) electrons. The Morgan fingerprint density at radius 2 is 2.00 bits per heavy atom. The number of amides is 4. The monoisotopic (exact) mass is 309 g/mol. The molecule has 0 saturated carbocycles. The van der Waals surface area contributed by atoms with Crippen molar-refractivity contribution < 1.29 is 23.5 Å². The van der Waals surface area contributed by atoms with Crippen molar-refractivity contribution >= 4 is 17.8 Å². The van der Waals surface area contributed by atoms with Crippen molar-refractivity contribution in [2.45, 2.75) is 18.9 Å². The number of urea groups is 1. The Balaban J connectivity index is 1.59. The summed E-state index contributed by atoms with van der Waals surface area (Å²) in [5.74, 6) is -0.487. The van der Waals surface area contributed by atoms with Crippen LogP contribution < -0.4 is 20.7 Å². The van der Waals surface area contributed by atoms with Crippen LogP contribution in [0.2, 0.25) is 0 Å². The minimum atomic E-state index is -0.659. The quantitative estimate of drug-likeness (QED) is 0.499. The second kappa shape index (κ2) is 7.39. The van der Waals surface area contributed by atoms with Gasteiger partial charge in [-0.15, -0.1) is 0 Å². The molecule has 1 aromatic carbocycles. The summed E-state index contributed by atoms with van der Waals surface area (Å²) >= 11 is 0. The van der Waals surface area contributed by atoms with Crippen LogP contribution in [0.15, 0.2) is 24.3 Å². The van der Waals surface area contributed by atoms with Gasteiger partial charge in [-0.1, -0.05) is 0 Å². The maximum atomic E-state index is 12.7. The topological polar surface area (TPSA) is 96.5 Å². The molecule has 1 aliphatic rings. The van der Waals surface area contributed by atoms with Crippen molar-refractivity contribution in [2.24, 2.45) is 0 Å². The van der Waals surface area contributed by atoms with Crippen LogP contribution in [0, 0.1) is 5.82 Å². The van der Waals surface area contributed by atoms with E-state index >= 15 is 0 Å². The van der Waals surface area contributed by atoms with Gasteiger partial charge in [-0.25, -0.2) is 9.18 Å². The Labute approximate surface area is 126 Å². The molecule has 1 unspecified atom stereocenters. The number of ether oxygens (including phenoxy) is 1. The van der Waals surface area contributed by atoms with E-state index in [-0.39, 0.29) is 31.2 Å². The fraction of sp³-hybridized carbons (Fsp3) is 0.357.